The van der Waals surface area contributed by atoms with Gasteiger partial charge in [0.1, 0.15) is 0 Å². The first-order chi connectivity index (χ1) is 9.55. The molecule has 0 amide bonds. The van der Waals surface area contributed by atoms with E-state index >= 15 is 0 Å². The highest BCUT2D eigenvalue weighted by Gasteiger charge is 2.28. The van der Waals surface area contributed by atoms with Gasteiger partial charge in [0.15, 0.2) is 5.75 Å². The van der Waals surface area contributed by atoms with Gasteiger partial charge in [-0.3, -0.25) is 4.98 Å². The lowest BCUT2D eigenvalue weighted by atomic mass is 9.76. The molecule has 0 bridgehead atoms. The van der Waals surface area contributed by atoms with Crippen molar-refractivity contribution in [3.05, 3.63) is 30.5 Å². The fraction of sp³-hybridized carbons (Fsp3) is 0.471. The van der Waals surface area contributed by atoms with Gasteiger partial charge < -0.3 is 10.5 Å². The van der Waals surface area contributed by atoms with E-state index < -0.39 is 0 Å². The van der Waals surface area contributed by atoms with Crippen molar-refractivity contribution in [2.45, 2.75) is 45.6 Å². The number of benzene rings is 1. The van der Waals surface area contributed by atoms with Crippen LogP contribution in [0.25, 0.3) is 10.9 Å². The standard InChI is InChI=1S/C17H22N2O/c1-17(2)9-7-12(8-10-17)20-16-13-5-3-4-6-15(13)19-11-14(16)18/h3-6,11-12H,7-10,18H2,1-2H3. The van der Waals surface area contributed by atoms with Crippen molar-refractivity contribution in [3.8, 4) is 5.75 Å². The third-order valence-corrected chi connectivity index (χ3v) is 4.32. The van der Waals surface area contributed by atoms with E-state index in [1.54, 1.807) is 6.20 Å². The second kappa shape index (κ2) is 4.97. The van der Waals surface area contributed by atoms with E-state index in [1.807, 2.05) is 24.3 Å². The molecule has 1 saturated carbocycles. The second-order valence-corrected chi connectivity index (χ2v) is 6.54. The third kappa shape index (κ3) is 2.58. The Morgan fingerprint density at radius 1 is 1.20 bits per heavy atom. The van der Waals surface area contributed by atoms with E-state index in [4.69, 9.17) is 10.5 Å². The molecule has 1 aliphatic carbocycles. The maximum Gasteiger partial charge on any atom is 0.153 e. The summed E-state index contributed by atoms with van der Waals surface area (Å²) in [4.78, 5) is 4.35. The topological polar surface area (TPSA) is 48.1 Å². The molecule has 2 aromatic rings. The average molecular weight is 270 g/mol. The number of nitrogens with two attached hydrogens (primary N) is 1. The average Bonchev–Trinajstić information content (AvgIpc) is 2.44. The van der Waals surface area contributed by atoms with E-state index in [1.165, 1.54) is 12.8 Å². The molecule has 0 spiro atoms. The number of aromatic nitrogens is 1. The van der Waals surface area contributed by atoms with Gasteiger partial charge in [-0.1, -0.05) is 26.0 Å². The summed E-state index contributed by atoms with van der Waals surface area (Å²) in [5.74, 6) is 0.806. The molecule has 106 valence electrons. The Hall–Kier alpha value is -1.77. The van der Waals surface area contributed by atoms with Crippen molar-refractivity contribution in [1.82, 2.24) is 4.98 Å². The maximum atomic E-state index is 6.23. The van der Waals surface area contributed by atoms with Crippen LogP contribution in [0.1, 0.15) is 39.5 Å². The lowest BCUT2D eigenvalue weighted by Gasteiger charge is -2.34. The monoisotopic (exact) mass is 270 g/mol. The molecule has 1 aromatic carbocycles. The van der Waals surface area contributed by atoms with E-state index in [2.05, 4.69) is 18.8 Å². The molecule has 2 N–H and O–H groups in total. The number of nitrogen functional groups attached to an aromatic ring is 1. The van der Waals surface area contributed by atoms with Gasteiger partial charge in [-0.15, -0.1) is 0 Å². The van der Waals surface area contributed by atoms with Crippen LogP contribution in [-0.2, 0) is 0 Å². The van der Waals surface area contributed by atoms with Crippen LogP contribution in [0.2, 0.25) is 0 Å². The minimum absolute atomic E-state index is 0.274. The summed E-state index contributed by atoms with van der Waals surface area (Å²) < 4.78 is 6.23. The van der Waals surface area contributed by atoms with Gasteiger partial charge in [-0.25, -0.2) is 0 Å². The summed E-state index contributed by atoms with van der Waals surface area (Å²) in [6.07, 6.45) is 6.59. The third-order valence-electron chi connectivity index (χ3n) is 4.32. The van der Waals surface area contributed by atoms with E-state index in [0.29, 0.717) is 11.1 Å². The van der Waals surface area contributed by atoms with Gasteiger partial charge in [-0.05, 0) is 43.2 Å². The number of anilines is 1. The highest BCUT2D eigenvalue weighted by Crippen LogP contribution is 2.38. The Morgan fingerprint density at radius 2 is 1.90 bits per heavy atom. The van der Waals surface area contributed by atoms with Crippen LogP contribution < -0.4 is 10.5 Å². The Balaban J connectivity index is 1.86. The SMILES string of the molecule is CC1(C)CCC(Oc2c(N)cnc3ccccc23)CC1. The fourth-order valence-electron chi connectivity index (χ4n) is 2.92. The van der Waals surface area contributed by atoms with Crippen molar-refractivity contribution in [2.75, 3.05) is 5.73 Å². The number of hydrogen-bond acceptors (Lipinski definition) is 3. The zero-order chi connectivity index (χ0) is 14.2. The number of ether oxygens (including phenoxy) is 1. The molecule has 0 radical (unpaired) electrons. The normalized spacial score (nSPS) is 19.1. The fourth-order valence-corrected chi connectivity index (χ4v) is 2.92. The first kappa shape index (κ1) is 13.2. The molecular weight excluding hydrogens is 248 g/mol. The Labute approximate surface area is 120 Å². The minimum Gasteiger partial charge on any atom is -0.487 e. The zero-order valence-electron chi connectivity index (χ0n) is 12.2. The summed E-state index contributed by atoms with van der Waals surface area (Å²) in [7, 11) is 0. The molecule has 3 rings (SSSR count). The van der Waals surface area contributed by atoms with Gasteiger partial charge in [0.2, 0.25) is 0 Å². The number of rotatable bonds is 2. The van der Waals surface area contributed by atoms with Crippen LogP contribution >= 0.6 is 0 Å². The summed E-state index contributed by atoms with van der Waals surface area (Å²) in [6, 6.07) is 8.01. The van der Waals surface area contributed by atoms with Crippen LogP contribution in [0.5, 0.6) is 5.75 Å². The molecule has 3 nitrogen and oxygen atoms in total. The number of para-hydroxylation sites is 1. The molecule has 1 heterocycles. The molecule has 3 heteroatoms. The van der Waals surface area contributed by atoms with E-state index in [-0.39, 0.29) is 6.10 Å². The lowest BCUT2D eigenvalue weighted by Crippen LogP contribution is -2.28. The van der Waals surface area contributed by atoms with Gasteiger partial charge in [0.05, 0.1) is 23.5 Å². The van der Waals surface area contributed by atoms with Gasteiger partial charge in [0.25, 0.3) is 0 Å². The first-order valence-electron chi connectivity index (χ1n) is 7.35. The molecular formula is C17H22N2O. The smallest absolute Gasteiger partial charge is 0.153 e. The van der Waals surface area contributed by atoms with E-state index in [9.17, 15) is 0 Å². The molecule has 20 heavy (non-hydrogen) atoms. The molecule has 0 saturated heterocycles. The molecule has 1 aliphatic rings. The Kier molecular flexibility index (Phi) is 3.28. The van der Waals surface area contributed by atoms with Crippen molar-refractivity contribution in [1.29, 1.82) is 0 Å². The van der Waals surface area contributed by atoms with Gasteiger partial charge in [-0.2, -0.15) is 0 Å². The highest BCUT2D eigenvalue weighted by molar-refractivity contribution is 5.89. The first-order valence-corrected chi connectivity index (χ1v) is 7.35. The molecule has 1 fully saturated rings. The number of nitrogens with zero attached hydrogens (tertiary/aromatic N) is 1. The van der Waals surface area contributed by atoms with Crippen LogP contribution in [0.4, 0.5) is 5.69 Å². The van der Waals surface area contributed by atoms with Crippen molar-refractivity contribution >= 4 is 16.6 Å². The van der Waals surface area contributed by atoms with Crippen molar-refractivity contribution in [2.24, 2.45) is 5.41 Å². The summed E-state index contributed by atoms with van der Waals surface area (Å²) in [5.41, 5.74) is 8.09. The largest absolute Gasteiger partial charge is 0.487 e. The molecule has 0 aliphatic heterocycles. The number of pyridine rings is 1. The molecule has 0 unspecified atom stereocenters. The highest BCUT2D eigenvalue weighted by atomic mass is 16.5. The number of fused-ring (bicyclic) bond motifs is 1. The van der Waals surface area contributed by atoms with Gasteiger partial charge >= 0.3 is 0 Å². The van der Waals surface area contributed by atoms with Crippen molar-refractivity contribution in [3.63, 3.8) is 0 Å². The zero-order valence-corrected chi connectivity index (χ0v) is 12.2. The van der Waals surface area contributed by atoms with E-state index in [0.717, 1.165) is 29.5 Å². The Bertz CT molecular complexity index is 611. The van der Waals surface area contributed by atoms with Gasteiger partial charge in [0, 0.05) is 5.39 Å². The second-order valence-electron chi connectivity index (χ2n) is 6.54. The predicted octanol–water partition coefficient (Wildman–Crippen LogP) is 4.16. The predicted molar refractivity (Wildman–Crippen MR) is 82.8 cm³/mol. The van der Waals surface area contributed by atoms with Crippen LogP contribution in [0.3, 0.4) is 0 Å². The van der Waals surface area contributed by atoms with Crippen molar-refractivity contribution < 1.29 is 4.74 Å². The quantitative estimate of drug-likeness (QED) is 0.891. The summed E-state index contributed by atoms with van der Waals surface area (Å²) in [5, 5.41) is 1.01. The Morgan fingerprint density at radius 3 is 2.65 bits per heavy atom. The van der Waals surface area contributed by atoms with Crippen LogP contribution in [0, 0.1) is 5.41 Å². The number of hydrogen-bond donors (Lipinski definition) is 1. The maximum absolute atomic E-state index is 6.23. The summed E-state index contributed by atoms with van der Waals surface area (Å²) in [6.45, 7) is 4.67. The van der Waals surface area contributed by atoms with Crippen LogP contribution in [-0.4, -0.2) is 11.1 Å². The summed E-state index contributed by atoms with van der Waals surface area (Å²) >= 11 is 0. The molecule has 0 atom stereocenters. The minimum atomic E-state index is 0.274. The molecule has 1 aromatic heterocycles. The van der Waals surface area contributed by atoms with Crippen LogP contribution in [0.15, 0.2) is 30.5 Å². The lowest BCUT2D eigenvalue weighted by molar-refractivity contribution is 0.101.